The lowest BCUT2D eigenvalue weighted by Crippen LogP contribution is -1.64. The Morgan fingerprint density at radius 3 is 2.25 bits per heavy atom. The highest BCUT2D eigenvalue weighted by molar-refractivity contribution is 9.11. The van der Waals surface area contributed by atoms with Crippen LogP contribution in [0.1, 0.15) is 0 Å². The van der Waals surface area contributed by atoms with E-state index in [1.165, 1.54) is 12.2 Å². The quantitative estimate of drug-likeness (QED) is 0.568. The van der Waals surface area contributed by atoms with Crippen molar-refractivity contribution in [2.45, 2.75) is 0 Å². The number of halogens is 2. The predicted molar refractivity (Wildman–Crippen MR) is 37.5 cm³/mol. The van der Waals surface area contributed by atoms with Gasteiger partial charge in [0.1, 0.15) is 5.83 Å². The Labute approximate surface area is 56.5 Å². The Kier molecular flexibility index (Phi) is 3.44. The monoisotopic (exact) mass is 176 g/mol. The van der Waals surface area contributed by atoms with Crippen LogP contribution in [0.15, 0.2) is 35.6 Å². The van der Waals surface area contributed by atoms with E-state index in [0.29, 0.717) is 4.48 Å². The largest absolute Gasteiger partial charge is 0.206 e. The van der Waals surface area contributed by atoms with Gasteiger partial charge in [-0.05, 0) is 22.0 Å². The minimum Gasteiger partial charge on any atom is -0.206 e. The highest BCUT2D eigenvalue weighted by atomic mass is 79.9. The molecule has 2 heteroatoms. The van der Waals surface area contributed by atoms with Crippen molar-refractivity contribution < 1.29 is 4.39 Å². The van der Waals surface area contributed by atoms with Crippen molar-refractivity contribution in [1.82, 2.24) is 0 Å². The molecular weight excluding hydrogens is 171 g/mol. The zero-order chi connectivity index (χ0) is 6.57. The summed E-state index contributed by atoms with van der Waals surface area (Å²) in [7, 11) is 0. The van der Waals surface area contributed by atoms with Crippen LogP contribution in [0.2, 0.25) is 0 Å². The van der Waals surface area contributed by atoms with Crippen LogP contribution in [0.3, 0.4) is 0 Å². The smallest absolute Gasteiger partial charge is 0.130 e. The number of rotatable bonds is 2. The molecule has 0 heterocycles. The second-order valence-corrected chi connectivity index (χ2v) is 2.01. The van der Waals surface area contributed by atoms with Gasteiger partial charge in [-0.3, -0.25) is 0 Å². The third-order valence-electron chi connectivity index (χ3n) is 0.523. The van der Waals surface area contributed by atoms with Gasteiger partial charge >= 0.3 is 0 Å². The van der Waals surface area contributed by atoms with Crippen molar-refractivity contribution in [3.05, 3.63) is 35.6 Å². The van der Waals surface area contributed by atoms with Crippen LogP contribution in [-0.4, -0.2) is 0 Å². The number of hydrogen-bond acceptors (Lipinski definition) is 0. The fraction of sp³-hybridized carbons (Fsp3) is 0. The van der Waals surface area contributed by atoms with E-state index in [4.69, 9.17) is 0 Å². The second kappa shape index (κ2) is 3.61. The van der Waals surface area contributed by atoms with Gasteiger partial charge in [0.05, 0.1) is 4.48 Å². The van der Waals surface area contributed by atoms with E-state index in [0.717, 1.165) is 0 Å². The molecular formula is C6H6BrF. The summed E-state index contributed by atoms with van der Waals surface area (Å²) >= 11 is 2.92. The summed E-state index contributed by atoms with van der Waals surface area (Å²) in [5.74, 6) is -0.482. The lowest BCUT2D eigenvalue weighted by Gasteiger charge is -1.85. The standard InChI is InChI=1S/C6H6BrF/c1-3-4-6(7)5(2)8/h3-4H,1-2H2/b6-4+. The van der Waals surface area contributed by atoms with E-state index in [-0.39, 0.29) is 0 Å². The van der Waals surface area contributed by atoms with Crippen LogP contribution in [0.4, 0.5) is 4.39 Å². The molecule has 0 aliphatic heterocycles. The first kappa shape index (κ1) is 7.63. The van der Waals surface area contributed by atoms with Gasteiger partial charge in [0.15, 0.2) is 0 Å². The molecule has 0 saturated carbocycles. The van der Waals surface area contributed by atoms with Crippen LogP contribution in [0, 0.1) is 0 Å². The molecule has 0 atom stereocenters. The van der Waals surface area contributed by atoms with Crippen LogP contribution in [-0.2, 0) is 0 Å². The van der Waals surface area contributed by atoms with E-state index in [9.17, 15) is 4.39 Å². The van der Waals surface area contributed by atoms with Crippen LogP contribution in [0.25, 0.3) is 0 Å². The van der Waals surface area contributed by atoms with Crippen LogP contribution < -0.4 is 0 Å². The molecule has 0 aliphatic rings. The summed E-state index contributed by atoms with van der Waals surface area (Å²) in [5.41, 5.74) is 0. The first-order valence-corrected chi connectivity index (χ1v) is 2.80. The SMILES string of the molecule is C=C/C=C(/Br)C(=C)F. The summed E-state index contributed by atoms with van der Waals surface area (Å²) in [6, 6.07) is 0. The van der Waals surface area contributed by atoms with E-state index in [1.807, 2.05) is 0 Å². The Bertz CT molecular complexity index is 135. The Morgan fingerprint density at radius 2 is 2.12 bits per heavy atom. The van der Waals surface area contributed by atoms with Gasteiger partial charge in [0.25, 0.3) is 0 Å². The molecule has 0 fully saturated rings. The first-order valence-electron chi connectivity index (χ1n) is 2.01. The van der Waals surface area contributed by atoms with Crippen molar-refractivity contribution >= 4 is 15.9 Å². The van der Waals surface area contributed by atoms with Crippen LogP contribution in [0.5, 0.6) is 0 Å². The molecule has 0 aromatic rings. The van der Waals surface area contributed by atoms with Crippen molar-refractivity contribution in [2.24, 2.45) is 0 Å². The fourth-order valence-electron chi connectivity index (χ4n) is 0.194. The molecule has 0 rings (SSSR count). The molecule has 0 aromatic carbocycles. The maximum atomic E-state index is 11.9. The summed E-state index contributed by atoms with van der Waals surface area (Å²) in [4.78, 5) is 0. The van der Waals surface area contributed by atoms with Gasteiger partial charge in [-0.1, -0.05) is 19.2 Å². The first-order chi connectivity index (χ1) is 3.68. The molecule has 0 nitrogen and oxygen atoms in total. The van der Waals surface area contributed by atoms with Gasteiger partial charge < -0.3 is 0 Å². The van der Waals surface area contributed by atoms with Gasteiger partial charge in [0, 0.05) is 0 Å². The highest BCUT2D eigenvalue weighted by Crippen LogP contribution is 2.15. The average molecular weight is 177 g/mol. The lowest BCUT2D eigenvalue weighted by molar-refractivity contribution is 0.668. The molecule has 0 radical (unpaired) electrons. The zero-order valence-corrected chi connectivity index (χ0v) is 5.91. The van der Waals surface area contributed by atoms with E-state index >= 15 is 0 Å². The maximum absolute atomic E-state index is 11.9. The van der Waals surface area contributed by atoms with E-state index in [1.54, 1.807) is 0 Å². The van der Waals surface area contributed by atoms with Gasteiger partial charge in [-0.2, -0.15) is 0 Å². The van der Waals surface area contributed by atoms with E-state index in [2.05, 4.69) is 29.1 Å². The number of allylic oxidation sites excluding steroid dienone is 4. The summed E-state index contributed by atoms with van der Waals surface area (Å²) in [6.07, 6.45) is 2.97. The van der Waals surface area contributed by atoms with Crippen molar-refractivity contribution in [2.75, 3.05) is 0 Å². The van der Waals surface area contributed by atoms with Crippen molar-refractivity contribution in [1.29, 1.82) is 0 Å². The maximum Gasteiger partial charge on any atom is 0.130 e. The molecule has 8 heavy (non-hydrogen) atoms. The predicted octanol–water partition coefficient (Wildman–Crippen LogP) is 2.93. The summed E-state index contributed by atoms with van der Waals surface area (Å²) in [6.45, 7) is 6.41. The Morgan fingerprint density at radius 1 is 1.62 bits per heavy atom. The molecule has 0 unspecified atom stereocenters. The molecule has 0 bridgehead atoms. The minimum absolute atomic E-state index is 0.340. The van der Waals surface area contributed by atoms with Crippen molar-refractivity contribution in [3.63, 3.8) is 0 Å². The highest BCUT2D eigenvalue weighted by Gasteiger charge is 1.90. The Balaban J connectivity index is 3.99. The topological polar surface area (TPSA) is 0 Å². The summed E-state index contributed by atoms with van der Waals surface area (Å²) < 4.78 is 12.3. The normalized spacial score (nSPS) is 11.0. The second-order valence-electron chi connectivity index (χ2n) is 1.16. The molecule has 0 N–H and O–H groups in total. The minimum atomic E-state index is -0.482. The molecule has 0 aromatic heterocycles. The fourth-order valence-corrected chi connectivity index (χ4v) is 0.381. The van der Waals surface area contributed by atoms with E-state index < -0.39 is 5.83 Å². The molecule has 0 amide bonds. The molecule has 0 saturated heterocycles. The third kappa shape index (κ3) is 2.75. The lowest BCUT2D eigenvalue weighted by atomic mass is 10.4. The van der Waals surface area contributed by atoms with Gasteiger partial charge in [-0.15, -0.1) is 0 Å². The molecule has 0 aliphatic carbocycles. The van der Waals surface area contributed by atoms with Gasteiger partial charge in [-0.25, -0.2) is 4.39 Å². The zero-order valence-electron chi connectivity index (χ0n) is 4.32. The number of hydrogen-bond donors (Lipinski definition) is 0. The van der Waals surface area contributed by atoms with Crippen molar-refractivity contribution in [3.8, 4) is 0 Å². The summed E-state index contributed by atoms with van der Waals surface area (Å²) in [5, 5.41) is 0. The van der Waals surface area contributed by atoms with Gasteiger partial charge in [0.2, 0.25) is 0 Å². The Hall–Kier alpha value is -0.370. The third-order valence-corrected chi connectivity index (χ3v) is 1.22. The molecule has 0 spiro atoms. The average Bonchev–Trinajstić information content (AvgIpc) is 1.67. The molecule has 44 valence electrons. The van der Waals surface area contributed by atoms with Crippen LogP contribution >= 0.6 is 15.9 Å².